The van der Waals surface area contributed by atoms with Crippen LogP contribution in [0.4, 0.5) is 5.69 Å². The largest absolute Gasteiger partial charge is 0.483 e. The number of ether oxygens (including phenoxy) is 1. The molecule has 24 heavy (non-hydrogen) atoms. The maximum absolute atomic E-state index is 12.2. The van der Waals surface area contributed by atoms with E-state index in [1.807, 2.05) is 69.3 Å². The van der Waals surface area contributed by atoms with Gasteiger partial charge < -0.3 is 10.1 Å². The number of fused-ring (bicyclic) bond motifs is 1. The van der Waals surface area contributed by atoms with Gasteiger partial charge in [0.15, 0.2) is 6.61 Å². The third kappa shape index (κ3) is 3.38. The van der Waals surface area contributed by atoms with E-state index < -0.39 is 0 Å². The van der Waals surface area contributed by atoms with Crippen LogP contribution in [0.5, 0.6) is 5.75 Å². The highest BCUT2D eigenvalue weighted by Gasteiger charge is 2.09. The maximum atomic E-state index is 12.2. The number of hydrogen-bond donors (Lipinski definition) is 1. The first-order valence-electron chi connectivity index (χ1n) is 7.90. The summed E-state index contributed by atoms with van der Waals surface area (Å²) in [4.78, 5) is 16.7. The Morgan fingerprint density at radius 1 is 1.04 bits per heavy atom. The highest BCUT2D eigenvalue weighted by molar-refractivity contribution is 6.01. The van der Waals surface area contributed by atoms with Gasteiger partial charge in [-0.1, -0.05) is 18.2 Å². The van der Waals surface area contributed by atoms with Crippen molar-refractivity contribution < 1.29 is 9.53 Å². The summed E-state index contributed by atoms with van der Waals surface area (Å²) in [6, 6.07) is 15.4. The van der Waals surface area contributed by atoms with Crippen LogP contribution in [0.25, 0.3) is 10.9 Å². The van der Waals surface area contributed by atoms with Gasteiger partial charge >= 0.3 is 0 Å². The highest BCUT2D eigenvalue weighted by atomic mass is 16.5. The molecule has 1 aromatic heterocycles. The van der Waals surface area contributed by atoms with Crippen LogP contribution in [0.3, 0.4) is 0 Å². The molecule has 0 saturated carbocycles. The van der Waals surface area contributed by atoms with Crippen LogP contribution in [0.2, 0.25) is 0 Å². The first-order valence-corrected chi connectivity index (χ1v) is 7.90. The van der Waals surface area contributed by atoms with Crippen molar-refractivity contribution in [3.63, 3.8) is 0 Å². The molecule has 1 N–H and O–H groups in total. The zero-order chi connectivity index (χ0) is 17.1. The Bertz CT molecular complexity index is 903. The third-order valence-electron chi connectivity index (χ3n) is 4.06. The van der Waals surface area contributed by atoms with Crippen LogP contribution in [0.1, 0.15) is 16.8 Å². The molecule has 0 aliphatic rings. The van der Waals surface area contributed by atoms with Crippen LogP contribution in [-0.4, -0.2) is 17.5 Å². The van der Waals surface area contributed by atoms with Crippen LogP contribution in [0, 0.1) is 20.8 Å². The second-order valence-corrected chi connectivity index (χ2v) is 5.86. The Kier molecular flexibility index (Phi) is 4.47. The molecular weight excluding hydrogens is 300 g/mol. The van der Waals surface area contributed by atoms with Gasteiger partial charge in [-0.05, 0) is 62.2 Å². The van der Waals surface area contributed by atoms with E-state index in [0.29, 0.717) is 0 Å². The number of aryl methyl sites for hydroxylation is 2. The summed E-state index contributed by atoms with van der Waals surface area (Å²) < 4.78 is 5.66. The van der Waals surface area contributed by atoms with E-state index in [0.717, 1.165) is 39.2 Å². The van der Waals surface area contributed by atoms with Gasteiger partial charge in [0, 0.05) is 11.1 Å². The Hall–Kier alpha value is -2.88. The second kappa shape index (κ2) is 6.71. The van der Waals surface area contributed by atoms with E-state index in [4.69, 9.17) is 4.74 Å². The zero-order valence-electron chi connectivity index (χ0n) is 14.1. The van der Waals surface area contributed by atoms with Crippen molar-refractivity contribution in [2.75, 3.05) is 11.9 Å². The lowest BCUT2D eigenvalue weighted by atomic mass is 10.1. The zero-order valence-corrected chi connectivity index (χ0v) is 14.1. The molecule has 0 aliphatic carbocycles. The molecule has 2 aromatic carbocycles. The topological polar surface area (TPSA) is 51.2 Å². The number of nitrogens with zero attached hydrogens (tertiary/aromatic N) is 1. The molecule has 122 valence electrons. The van der Waals surface area contributed by atoms with Crippen molar-refractivity contribution in [1.29, 1.82) is 0 Å². The Labute approximate surface area is 141 Å². The molecule has 0 fully saturated rings. The Morgan fingerprint density at radius 3 is 2.67 bits per heavy atom. The van der Waals surface area contributed by atoms with E-state index in [1.54, 1.807) is 0 Å². The van der Waals surface area contributed by atoms with E-state index >= 15 is 0 Å². The van der Waals surface area contributed by atoms with E-state index in [-0.39, 0.29) is 12.5 Å². The van der Waals surface area contributed by atoms with Gasteiger partial charge in [-0.15, -0.1) is 0 Å². The van der Waals surface area contributed by atoms with Gasteiger partial charge in [0.25, 0.3) is 5.91 Å². The minimum absolute atomic E-state index is 0.0278. The van der Waals surface area contributed by atoms with Crippen molar-refractivity contribution in [3.8, 4) is 5.75 Å². The smallest absolute Gasteiger partial charge is 0.262 e. The number of carbonyl (C=O) groups is 1. The molecule has 0 spiro atoms. The number of nitrogens with one attached hydrogen (secondary N) is 1. The average Bonchev–Trinajstić information content (AvgIpc) is 2.56. The summed E-state index contributed by atoms with van der Waals surface area (Å²) in [5.74, 6) is 0.546. The molecule has 3 aromatic rings. The first-order chi connectivity index (χ1) is 11.5. The summed E-state index contributed by atoms with van der Waals surface area (Å²) in [6.07, 6.45) is 0. The Balaban J connectivity index is 1.72. The minimum Gasteiger partial charge on any atom is -0.483 e. The SMILES string of the molecule is Cc1ccc2c(NC(=O)COc3cccc(C)c3C)cccc2n1. The number of benzene rings is 2. The van der Waals surface area contributed by atoms with Gasteiger partial charge in [-0.25, -0.2) is 0 Å². The monoisotopic (exact) mass is 320 g/mol. The Morgan fingerprint density at radius 2 is 1.83 bits per heavy atom. The lowest BCUT2D eigenvalue weighted by molar-refractivity contribution is -0.118. The molecule has 0 bridgehead atoms. The van der Waals surface area contributed by atoms with Crippen molar-refractivity contribution in [1.82, 2.24) is 4.98 Å². The molecule has 4 nitrogen and oxygen atoms in total. The summed E-state index contributed by atoms with van der Waals surface area (Å²) in [6.45, 7) is 5.93. The minimum atomic E-state index is -0.191. The molecule has 0 aliphatic heterocycles. The molecule has 0 radical (unpaired) electrons. The predicted octanol–water partition coefficient (Wildman–Crippen LogP) is 4.18. The van der Waals surface area contributed by atoms with E-state index in [9.17, 15) is 4.79 Å². The van der Waals surface area contributed by atoms with Crippen LogP contribution in [0.15, 0.2) is 48.5 Å². The van der Waals surface area contributed by atoms with Crippen LogP contribution >= 0.6 is 0 Å². The van der Waals surface area contributed by atoms with Crippen LogP contribution in [-0.2, 0) is 4.79 Å². The molecule has 0 atom stereocenters. The average molecular weight is 320 g/mol. The third-order valence-corrected chi connectivity index (χ3v) is 4.06. The number of anilines is 1. The molecule has 4 heteroatoms. The molecule has 1 amide bonds. The number of aromatic nitrogens is 1. The normalized spacial score (nSPS) is 10.6. The second-order valence-electron chi connectivity index (χ2n) is 5.86. The lowest BCUT2D eigenvalue weighted by Crippen LogP contribution is -2.20. The number of pyridine rings is 1. The summed E-state index contributed by atoms with van der Waals surface area (Å²) in [5, 5.41) is 3.82. The fourth-order valence-electron chi connectivity index (χ4n) is 2.58. The molecule has 1 heterocycles. The van der Waals surface area contributed by atoms with E-state index in [1.165, 1.54) is 0 Å². The van der Waals surface area contributed by atoms with Crippen molar-refractivity contribution >= 4 is 22.5 Å². The van der Waals surface area contributed by atoms with Gasteiger partial charge in [-0.2, -0.15) is 0 Å². The van der Waals surface area contributed by atoms with Gasteiger partial charge in [-0.3, -0.25) is 9.78 Å². The van der Waals surface area contributed by atoms with Gasteiger partial charge in [0.05, 0.1) is 11.2 Å². The van der Waals surface area contributed by atoms with Crippen LogP contribution < -0.4 is 10.1 Å². The predicted molar refractivity (Wildman–Crippen MR) is 96.5 cm³/mol. The number of rotatable bonds is 4. The van der Waals surface area contributed by atoms with Crippen molar-refractivity contribution in [2.24, 2.45) is 0 Å². The highest BCUT2D eigenvalue weighted by Crippen LogP contribution is 2.23. The van der Waals surface area contributed by atoms with Gasteiger partial charge in [0.1, 0.15) is 5.75 Å². The first kappa shape index (κ1) is 16.0. The lowest BCUT2D eigenvalue weighted by Gasteiger charge is -2.12. The fraction of sp³-hybridized carbons (Fsp3) is 0.200. The fourth-order valence-corrected chi connectivity index (χ4v) is 2.58. The van der Waals surface area contributed by atoms with E-state index in [2.05, 4.69) is 10.3 Å². The van der Waals surface area contributed by atoms with Crippen molar-refractivity contribution in [3.05, 3.63) is 65.4 Å². The molecule has 0 saturated heterocycles. The van der Waals surface area contributed by atoms with Gasteiger partial charge in [0.2, 0.25) is 0 Å². The summed E-state index contributed by atoms with van der Waals surface area (Å²) in [5.41, 5.74) is 4.75. The summed E-state index contributed by atoms with van der Waals surface area (Å²) in [7, 11) is 0. The quantitative estimate of drug-likeness (QED) is 0.784. The molecular formula is C20H20N2O2. The maximum Gasteiger partial charge on any atom is 0.262 e. The summed E-state index contributed by atoms with van der Waals surface area (Å²) >= 11 is 0. The standard InChI is InChI=1S/C20H20N2O2/c1-13-6-4-9-19(15(13)3)24-12-20(23)22-18-8-5-7-17-16(18)11-10-14(2)21-17/h4-11H,12H2,1-3H3,(H,22,23). The molecule has 0 unspecified atom stereocenters. The number of hydrogen-bond acceptors (Lipinski definition) is 3. The molecule has 3 rings (SSSR count). The number of amides is 1. The number of carbonyl (C=O) groups excluding carboxylic acids is 1. The van der Waals surface area contributed by atoms with Crippen molar-refractivity contribution in [2.45, 2.75) is 20.8 Å².